The molecule has 0 saturated carbocycles. The molecule has 3 rings (SSSR count). The summed E-state index contributed by atoms with van der Waals surface area (Å²) in [6.07, 6.45) is 0. The van der Waals surface area contributed by atoms with Crippen LogP contribution in [0.15, 0.2) is 29.6 Å². The first-order chi connectivity index (χ1) is 10.2. The van der Waals surface area contributed by atoms with Gasteiger partial charge in [-0.3, -0.25) is 5.32 Å². The Kier molecular flexibility index (Phi) is 4.31. The van der Waals surface area contributed by atoms with Crippen LogP contribution in [0.3, 0.4) is 0 Å². The van der Waals surface area contributed by atoms with Crippen LogP contribution in [0.25, 0.3) is 11.3 Å². The van der Waals surface area contributed by atoms with E-state index in [4.69, 9.17) is 5.73 Å². The highest BCUT2D eigenvalue weighted by molar-refractivity contribution is 7.99. The fourth-order valence-corrected chi connectivity index (χ4v) is 3.71. The van der Waals surface area contributed by atoms with Crippen LogP contribution in [0.4, 0.5) is 15.6 Å². The first-order valence-electron chi connectivity index (χ1n) is 6.67. The fraction of sp³-hybridized carbons (Fsp3) is 0.286. The molecule has 1 aliphatic rings. The lowest BCUT2D eigenvalue weighted by Gasteiger charge is -2.25. The fourth-order valence-electron chi connectivity index (χ4n) is 2.10. The molecule has 0 radical (unpaired) electrons. The van der Waals surface area contributed by atoms with Crippen molar-refractivity contribution in [2.75, 3.05) is 35.6 Å². The second-order valence-electron chi connectivity index (χ2n) is 4.69. The Bertz CT molecular complexity index is 637. The zero-order valence-electron chi connectivity index (χ0n) is 11.4. The molecule has 1 aromatic carbocycles. The van der Waals surface area contributed by atoms with Gasteiger partial charge in [-0.15, -0.1) is 11.3 Å². The highest BCUT2D eigenvalue weighted by atomic mass is 32.2. The van der Waals surface area contributed by atoms with Gasteiger partial charge in [0, 0.05) is 41.2 Å². The van der Waals surface area contributed by atoms with E-state index in [0.29, 0.717) is 10.8 Å². The molecule has 21 heavy (non-hydrogen) atoms. The average molecular weight is 320 g/mol. The number of urea groups is 1. The predicted octanol–water partition coefficient (Wildman–Crippen LogP) is 2.97. The second kappa shape index (κ2) is 6.36. The molecule has 2 heterocycles. The highest BCUT2D eigenvalue weighted by Gasteiger charge is 2.17. The number of carbonyl (C=O) groups excluding carboxylic acids is 1. The van der Waals surface area contributed by atoms with Crippen molar-refractivity contribution in [3.05, 3.63) is 29.6 Å². The molecule has 2 aromatic rings. The molecule has 1 aliphatic heterocycles. The highest BCUT2D eigenvalue weighted by Crippen LogP contribution is 2.26. The SMILES string of the molecule is Nc1cccc(-c2csc(NC(=O)N3CCSCC3)n2)c1. The minimum absolute atomic E-state index is 0.0659. The summed E-state index contributed by atoms with van der Waals surface area (Å²) in [5, 5.41) is 5.42. The van der Waals surface area contributed by atoms with E-state index in [1.54, 1.807) is 0 Å². The summed E-state index contributed by atoms with van der Waals surface area (Å²) in [4.78, 5) is 18.4. The molecule has 1 saturated heterocycles. The van der Waals surface area contributed by atoms with E-state index < -0.39 is 0 Å². The Balaban J connectivity index is 1.69. The van der Waals surface area contributed by atoms with Crippen LogP contribution in [0.5, 0.6) is 0 Å². The van der Waals surface area contributed by atoms with Crippen molar-refractivity contribution in [3.8, 4) is 11.3 Å². The van der Waals surface area contributed by atoms with Gasteiger partial charge in [0.1, 0.15) is 0 Å². The molecule has 110 valence electrons. The maximum atomic E-state index is 12.1. The molecular formula is C14H16N4OS2. The molecule has 0 bridgehead atoms. The van der Waals surface area contributed by atoms with E-state index in [0.717, 1.165) is 35.9 Å². The van der Waals surface area contributed by atoms with Crippen molar-refractivity contribution in [2.45, 2.75) is 0 Å². The molecule has 1 aromatic heterocycles. The number of rotatable bonds is 2. The number of anilines is 2. The Morgan fingerprint density at radius 2 is 2.14 bits per heavy atom. The molecule has 0 spiro atoms. The van der Waals surface area contributed by atoms with Gasteiger partial charge in [-0.2, -0.15) is 11.8 Å². The summed E-state index contributed by atoms with van der Waals surface area (Å²) >= 11 is 3.31. The normalized spacial score (nSPS) is 15.0. The predicted molar refractivity (Wildman–Crippen MR) is 89.9 cm³/mol. The number of benzene rings is 1. The Hall–Kier alpha value is -1.73. The third kappa shape index (κ3) is 3.48. The lowest BCUT2D eigenvalue weighted by Crippen LogP contribution is -2.40. The topological polar surface area (TPSA) is 71.2 Å². The third-order valence-corrected chi connectivity index (χ3v) is 4.90. The second-order valence-corrected chi connectivity index (χ2v) is 6.78. The zero-order chi connectivity index (χ0) is 14.7. The molecular weight excluding hydrogens is 304 g/mol. The van der Waals surface area contributed by atoms with Crippen molar-refractivity contribution in [1.29, 1.82) is 0 Å². The van der Waals surface area contributed by atoms with Crippen molar-refractivity contribution in [2.24, 2.45) is 0 Å². The standard InChI is InChI=1S/C14H16N4OS2/c15-11-3-1-2-10(8-11)12-9-21-13(16-12)17-14(19)18-4-6-20-7-5-18/h1-3,8-9H,4-7,15H2,(H,16,17,19). The first-order valence-corrected chi connectivity index (χ1v) is 8.71. The van der Waals surface area contributed by atoms with E-state index in [9.17, 15) is 4.79 Å². The van der Waals surface area contributed by atoms with Crippen molar-refractivity contribution in [3.63, 3.8) is 0 Å². The quantitative estimate of drug-likeness (QED) is 0.835. The summed E-state index contributed by atoms with van der Waals surface area (Å²) in [5.74, 6) is 2.00. The van der Waals surface area contributed by atoms with Crippen LogP contribution in [0.1, 0.15) is 0 Å². The van der Waals surface area contributed by atoms with Gasteiger partial charge in [0.15, 0.2) is 5.13 Å². The van der Waals surface area contributed by atoms with Gasteiger partial charge in [0.05, 0.1) is 5.69 Å². The lowest BCUT2D eigenvalue weighted by atomic mass is 10.1. The molecule has 5 nitrogen and oxygen atoms in total. The number of hydrogen-bond acceptors (Lipinski definition) is 5. The Morgan fingerprint density at radius 3 is 2.90 bits per heavy atom. The smallest absolute Gasteiger partial charge is 0.323 e. The van der Waals surface area contributed by atoms with E-state index in [1.807, 2.05) is 46.3 Å². The van der Waals surface area contributed by atoms with E-state index in [1.165, 1.54) is 11.3 Å². The van der Waals surface area contributed by atoms with Gasteiger partial charge in [-0.25, -0.2) is 9.78 Å². The maximum absolute atomic E-state index is 12.1. The van der Waals surface area contributed by atoms with Crippen molar-refractivity contribution in [1.82, 2.24) is 9.88 Å². The first kappa shape index (κ1) is 14.2. The molecule has 2 amide bonds. The van der Waals surface area contributed by atoms with Gasteiger partial charge in [0.25, 0.3) is 0 Å². The number of nitrogens with zero attached hydrogens (tertiary/aromatic N) is 2. The number of carbonyl (C=O) groups is 1. The largest absolute Gasteiger partial charge is 0.399 e. The van der Waals surface area contributed by atoms with Gasteiger partial charge in [0.2, 0.25) is 0 Å². The van der Waals surface area contributed by atoms with Crippen molar-refractivity contribution >= 4 is 39.9 Å². The minimum Gasteiger partial charge on any atom is -0.399 e. The molecule has 3 N–H and O–H groups in total. The number of nitrogen functional groups attached to an aromatic ring is 1. The van der Waals surface area contributed by atoms with Crippen LogP contribution in [-0.2, 0) is 0 Å². The molecule has 0 atom stereocenters. The minimum atomic E-state index is -0.0659. The van der Waals surface area contributed by atoms with Crippen LogP contribution in [-0.4, -0.2) is 40.5 Å². The van der Waals surface area contributed by atoms with Gasteiger partial charge < -0.3 is 10.6 Å². The van der Waals surface area contributed by atoms with Gasteiger partial charge in [-0.1, -0.05) is 12.1 Å². The van der Waals surface area contributed by atoms with E-state index in [2.05, 4.69) is 10.3 Å². The van der Waals surface area contributed by atoms with Gasteiger partial charge in [-0.05, 0) is 12.1 Å². The zero-order valence-corrected chi connectivity index (χ0v) is 13.0. The maximum Gasteiger partial charge on any atom is 0.323 e. The van der Waals surface area contributed by atoms with Crippen LogP contribution >= 0.6 is 23.1 Å². The van der Waals surface area contributed by atoms with Crippen LogP contribution in [0.2, 0.25) is 0 Å². The van der Waals surface area contributed by atoms with E-state index >= 15 is 0 Å². The molecule has 1 fully saturated rings. The summed E-state index contributed by atoms with van der Waals surface area (Å²) < 4.78 is 0. The average Bonchev–Trinajstić information content (AvgIpc) is 2.97. The molecule has 7 heteroatoms. The van der Waals surface area contributed by atoms with Gasteiger partial charge >= 0.3 is 6.03 Å². The molecule has 0 aliphatic carbocycles. The molecule has 0 unspecified atom stereocenters. The monoisotopic (exact) mass is 320 g/mol. The summed E-state index contributed by atoms with van der Waals surface area (Å²) in [7, 11) is 0. The summed E-state index contributed by atoms with van der Waals surface area (Å²) in [6, 6.07) is 7.51. The van der Waals surface area contributed by atoms with E-state index in [-0.39, 0.29) is 6.03 Å². The number of hydrogen-bond donors (Lipinski definition) is 2. The lowest BCUT2D eigenvalue weighted by molar-refractivity contribution is 0.217. The third-order valence-electron chi connectivity index (χ3n) is 3.20. The van der Waals surface area contributed by atoms with Crippen LogP contribution in [0, 0.1) is 0 Å². The number of nitrogens with one attached hydrogen (secondary N) is 1. The number of amides is 2. The Labute approximate surface area is 131 Å². The van der Waals surface area contributed by atoms with Crippen molar-refractivity contribution < 1.29 is 4.79 Å². The number of thiazole rings is 1. The number of aromatic nitrogens is 1. The van der Waals surface area contributed by atoms with Crippen LogP contribution < -0.4 is 11.1 Å². The summed E-state index contributed by atoms with van der Waals surface area (Å²) in [5.41, 5.74) is 8.27. The Morgan fingerprint density at radius 1 is 1.33 bits per heavy atom. The number of thioether (sulfide) groups is 1. The summed E-state index contributed by atoms with van der Waals surface area (Å²) in [6.45, 7) is 1.59. The number of nitrogens with two attached hydrogens (primary N) is 1.